The topological polar surface area (TPSA) is 0 Å². The Balaban J connectivity index is 1.77. The maximum absolute atomic E-state index is 6.03. The number of halogens is 3. The molecule has 0 aliphatic carbocycles. The molecule has 0 radical (unpaired) electrons. The van der Waals surface area contributed by atoms with Crippen molar-refractivity contribution in [2.24, 2.45) is 0 Å². The van der Waals surface area contributed by atoms with E-state index in [1.54, 1.807) is 0 Å². The van der Waals surface area contributed by atoms with Crippen molar-refractivity contribution < 1.29 is 0 Å². The van der Waals surface area contributed by atoms with Gasteiger partial charge in [-0.05, 0) is 0 Å². The molecule has 6 heteroatoms. The van der Waals surface area contributed by atoms with Gasteiger partial charge in [0.1, 0.15) is 0 Å². The van der Waals surface area contributed by atoms with Gasteiger partial charge in [0, 0.05) is 0 Å². The van der Waals surface area contributed by atoms with E-state index in [9.17, 15) is 0 Å². The average molecular weight is 585 g/mol. The van der Waals surface area contributed by atoms with Crippen molar-refractivity contribution >= 4 is 93.1 Å². The van der Waals surface area contributed by atoms with Crippen LogP contribution in [0.25, 0.3) is 0 Å². The molecule has 0 amide bonds. The first-order valence-corrected chi connectivity index (χ1v) is 14.0. The van der Waals surface area contributed by atoms with Crippen molar-refractivity contribution in [3.63, 3.8) is 0 Å². The molecule has 3 rings (SSSR count). The Morgan fingerprint density at radius 1 is 0.440 bits per heavy atom. The van der Waals surface area contributed by atoms with Gasteiger partial charge in [0.25, 0.3) is 0 Å². The van der Waals surface area contributed by atoms with Gasteiger partial charge in [-0.15, -0.1) is 0 Å². The van der Waals surface area contributed by atoms with E-state index in [2.05, 4.69) is 36.4 Å². The summed E-state index contributed by atoms with van der Waals surface area (Å²) in [5.41, 5.74) is 0. The van der Waals surface area contributed by atoms with E-state index in [-0.39, 0.29) is 0 Å². The number of benzene rings is 3. The van der Waals surface area contributed by atoms with Crippen LogP contribution in [0.15, 0.2) is 72.8 Å². The zero-order valence-corrected chi connectivity index (χ0v) is 20.3. The fourth-order valence-electron chi connectivity index (χ4n) is 1.94. The Bertz CT molecular complexity index is 690. The number of hydrogen-bond donors (Lipinski definition) is 0. The van der Waals surface area contributed by atoms with Gasteiger partial charge in [0.05, 0.1) is 0 Å². The average Bonchev–Trinajstić information content (AvgIpc) is 2.61. The molecule has 0 atom stereocenters. The SMILES string of the molecule is Clc1ccc([Se]C([Se]c2ccc(Cl)cc2)[Se]c2ccc(Cl)cc2)cc1. The summed E-state index contributed by atoms with van der Waals surface area (Å²) in [6.07, 6.45) is 0. The summed E-state index contributed by atoms with van der Waals surface area (Å²) in [4.78, 5) is 0. The Morgan fingerprint density at radius 2 is 0.680 bits per heavy atom. The van der Waals surface area contributed by atoms with E-state index < -0.39 is 0 Å². The first-order chi connectivity index (χ1) is 12.1. The van der Waals surface area contributed by atoms with E-state index in [0.717, 1.165) is 15.1 Å². The van der Waals surface area contributed by atoms with E-state index >= 15 is 0 Å². The Hall–Kier alpha value is 0.0884. The van der Waals surface area contributed by atoms with Crippen LogP contribution >= 0.6 is 34.8 Å². The first kappa shape index (κ1) is 19.8. The summed E-state index contributed by atoms with van der Waals surface area (Å²) >= 11 is 19.3. The van der Waals surface area contributed by atoms with Crippen molar-refractivity contribution in [3.8, 4) is 0 Å². The van der Waals surface area contributed by atoms with Crippen LogP contribution in [0.1, 0.15) is 0 Å². The van der Waals surface area contributed by atoms with E-state index in [4.69, 9.17) is 34.8 Å². The normalized spacial score (nSPS) is 11.0. The van der Waals surface area contributed by atoms with Crippen molar-refractivity contribution in [2.75, 3.05) is 0 Å². The summed E-state index contributed by atoms with van der Waals surface area (Å²) in [7, 11) is 0. The molecule has 0 saturated heterocycles. The second-order valence-electron chi connectivity index (χ2n) is 5.00. The molecule has 3 aromatic rings. The summed E-state index contributed by atoms with van der Waals surface area (Å²) in [5.74, 6) is 0. The molecule has 0 spiro atoms. The van der Waals surface area contributed by atoms with Crippen molar-refractivity contribution in [1.82, 2.24) is 0 Å². The van der Waals surface area contributed by atoms with Crippen LogP contribution in [0, 0.1) is 0 Å². The summed E-state index contributed by atoms with van der Waals surface area (Å²) < 4.78 is 4.87. The molecule has 0 aliphatic rings. The van der Waals surface area contributed by atoms with Crippen LogP contribution in [0.3, 0.4) is 0 Å². The fourth-order valence-corrected chi connectivity index (χ4v) is 14.7. The van der Waals surface area contributed by atoms with Crippen LogP contribution in [-0.4, -0.2) is 44.9 Å². The molecule has 0 N–H and O–H groups in total. The second-order valence-corrected chi connectivity index (χ2v) is 18.3. The quantitative estimate of drug-likeness (QED) is 0.388. The fraction of sp³-hybridized carbons (Fsp3) is 0.0526. The second kappa shape index (κ2) is 9.86. The molecular weight excluding hydrogens is 571 g/mol. The van der Waals surface area contributed by atoms with Gasteiger partial charge in [0.15, 0.2) is 0 Å². The van der Waals surface area contributed by atoms with Crippen molar-refractivity contribution in [1.29, 1.82) is 0 Å². The Labute approximate surface area is 182 Å². The number of hydrogen-bond acceptors (Lipinski definition) is 0. The van der Waals surface area contributed by atoms with Crippen LogP contribution < -0.4 is 13.4 Å². The van der Waals surface area contributed by atoms with Gasteiger partial charge in [-0.25, -0.2) is 0 Å². The molecule has 0 saturated carbocycles. The maximum atomic E-state index is 6.03. The molecule has 0 fully saturated rings. The standard InChI is InChI=1S/C19H13Cl3Se3/c20-13-1-7-16(8-2-13)23-19(24-17-9-3-14(21)4-10-17)25-18-11-5-15(22)6-12-18/h1-12,19H. The van der Waals surface area contributed by atoms with Gasteiger partial charge < -0.3 is 0 Å². The third kappa shape index (κ3) is 6.63. The Morgan fingerprint density at radius 3 is 0.920 bits per heavy atom. The molecule has 0 unspecified atom stereocenters. The third-order valence-corrected chi connectivity index (χ3v) is 14.8. The van der Waals surface area contributed by atoms with Gasteiger partial charge in [-0.3, -0.25) is 0 Å². The predicted molar refractivity (Wildman–Crippen MR) is 114 cm³/mol. The summed E-state index contributed by atoms with van der Waals surface area (Å²) in [5, 5.41) is 2.38. The molecule has 0 heterocycles. The molecule has 25 heavy (non-hydrogen) atoms. The first-order valence-electron chi connectivity index (χ1n) is 7.35. The van der Waals surface area contributed by atoms with Crippen LogP contribution in [0.4, 0.5) is 0 Å². The van der Waals surface area contributed by atoms with Crippen LogP contribution in [0.2, 0.25) is 17.7 Å². The molecule has 0 aromatic heterocycles. The molecule has 0 bridgehead atoms. The van der Waals surface area contributed by atoms with Gasteiger partial charge >= 0.3 is 184 Å². The van der Waals surface area contributed by atoms with Crippen LogP contribution in [-0.2, 0) is 0 Å². The van der Waals surface area contributed by atoms with Crippen molar-refractivity contribution in [3.05, 3.63) is 87.9 Å². The van der Waals surface area contributed by atoms with E-state index in [1.807, 2.05) is 36.4 Å². The van der Waals surface area contributed by atoms with E-state index in [0.29, 0.717) is 47.5 Å². The van der Waals surface area contributed by atoms with Gasteiger partial charge in [0.2, 0.25) is 0 Å². The van der Waals surface area contributed by atoms with Gasteiger partial charge in [-0.2, -0.15) is 0 Å². The molecule has 128 valence electrons. The minimum absolute atomic E-state index is 0.407. The number of rotatable bonds is 6. The zero-order valence-electron chi connectivity index (χ0n) is 12.9. The molecular formula is C19H13Cl3Se3. The Kier molecular flexibility index (Phi) is 7.82. The monoisotopic (exact) mass is 586 g/mol. The third-order valence-electron chi connectivity index (χ3n) is 3.14. The molecule has 0 aliphatic heterocycles. The summed E-state index contributed by atoms with van der Waals surface area (Å²) in [6.45, 7) is 0. The van der Waals surface area contributed by atoms with Gasteiger partial charge in [-0.1, -0.05) is 0 Å². The summed E-state index contributed by atoms with van der Waals surface area (Å²) in [6, 6.07) is 24.9. The van der Waals surface area contributed by atoms with E-state index in [1.165, 1.54) is 13.4 Å². The van der Waals surface area contributed by atoms with Crippen molar-refractivity contribution in [2.45, 2.75) is 2.61 Å². The molecule has 0 nitrogen and oxygen atoms in total. The molecule has 3 aromatic carbocycles. The predicted octanol–water partition coefficient (Wildman–Crippen LogP) is 3.74. The minimum atomic E-state index is 0.407. The zero-order chi connectivity index (χ0) is 17.6. The van der Waals surface area contributed by atoms with Crippen LogP contribution in [0.5, 0.6) is 0 Å².